The maximum atomic E-state index is 13.5. The van der Waals surface area contributed by atoms with Crippen molar-refractivity contribution in [3.63, 3.8) is 0 Å². The summed E-state index contributed by atoms with van der Waals surface area (Å²) in [6.45, 7) is 4.44. The zero-order valence-corrected chi connectivity index (χ0v) is 15.7. The largest absolute Gasteiger partial charge is 0.319 e. The molecule has 3 aromatic rings. The van der Waals surface area contributed by atoms with Gasteiger partial charge in [0.05, 0.1) is 15.9 Å². The number of fused-ring (bicyclic) bond motifs is 1. The summed E-state index contributed by atoms with van der Waals surface area (Å²) < 4.78 is 51.6. The van der Waals surface area contributed by atoms with Gasteiger partial charge >= 0.3 is 0 Å². The van der Waals surface area contributed by atoms with E-state index < -0.39 is 21.7 Å². The number of nitrogens with zero attached hydrogens (tertiary/aromatic N) is 2. The number of sulfonamides is 1. The first-order chi connectivity index (χ1) is 12.2. The fourth-order valence-corrected chi connectivity index (χ4v) is 4.29. The molecule has 26 heavy (non-hydrogen) atoms. The summed E-state index contributed by atoms with van der Waals surface area (Å²) in [4.78, 5) is 4.50. The monoisotopic (exact) mass is 397 g/mol. The SMILES string of the molecule is CCn1c(SC(C)c2ccc(F)c(F)c2)nc2cc(S(N)(=O)=O)ccc21. The van der Waals surface area contributed by atoms with Crippen LogP contribution >= 0.6 is 11.8 Å². The molecule has 0 amide bonds. The minimum Gasteiger partial charge on any atom is -0.319 e. The van der Waals surface area contributed by atoms with Gasteiger partial charge in [-0.15, -0.1) is 0 Å². The molecule has 2 N–H and O–H groups in total. The van der Waals surface area contributed by atoms with E-state index in [1.165, 1.54) is 36.0 Å². The summed E-state index contributed by atoms with van der Waals surface area (Å²) in [7, 11) is -3.81. The highest BCUT2D eigenvalue weighted by Crippen LogP contribution is 2.36. The standard InChI is InChI=1S/C17H17F2N3O2S2/c1-3-22-16-7-5-12(26(20,23)24)9-15(16)21-17(22)25-10(2)11-4-6-13(18)14(19)8-11/h4-10H,3H2,1-2H3,(H2,20,23,24). The first-order valence-electron chi connectivity index (χ1n) is 7.85. The number of thioether (sulfide) groups is 1. The van der Waals surface area contributed by atoms with E-state index in [1.54, 1.807) is 6.07 Å². The molecule has 3 rings (SSSR count). The van der Waals surface area contributed by atoms with Gasteiger partial charge in [0.1, 0.15) is 0 Å². The van der Waals surface area contributed by atoms with Crippen LogP contribution in [0.5, 0.6) is 0 Å². The van der Waals surface area contributed by atoms with Crippen molar-refractivity contribution >= 4 is 32.8 Å². The van der Waals surface area contributed by atoms with E-state index >= 15 is 0 Å². The molecular formula is C17H17F2N3O2S2. The van der Waals surface area contributed by atoms with Crippen LogP contribution in [0.2, 0.25) is 0 Å². The number of benzene rings is 2. The second-order valence-electron chi connectivity index (χ2n) is 5.77. The summed E-state index contributed by atoms with van der Waals surface area (Å²) in [5, 5.41) is 5.66. The molecule has 138 valence electrons. The maximum absolute atomic E-state index is 13.5. The molecule has 0 aliphatic carbocycles. The molecule has 0 radical (unpaired) electrons. The zero-order valence-electron chi connectivity index (χ0n) is 14.1. The predicted molar refractivity (Wildman–Crippen MR) is 97.4 cm³/mol. The van der Waals surface area contributed by atoms with Crippen LogP contribution in [0.25, 0.3) is 11.0 Å². The fraction of sp³-hybridized carbons (Fsp3) is 0.235. The van der Waals surface area contributed by atoms with Gasteiger partial charge in [0.25, 0.3) is 0 Å². The molecule has 1 aromatic heterocycles. The van der Waals surface area contributed by atoms with Crippen LogP contribution in [0.15, 0.2) is 46.5 Å². The van der Waals surface area contributed by atoms with Crippen molar-refractivity contribution in [3.8, 4) is 0 Å². The van der Waals surface area contributed by atoms with Crippen LogP contribution in [-0.2, 0) is 16.6 Å². The maximum Gasteiger partial charge on any atom is 0.238 e. The molecule has 0 bridgehead atoms. The average molecular weight is 397 g/mol. The molecular weight excluding hydrogens is 380 g/mol. The highest BCUT2D eigenvalue weighted by Gasteiger charge is 2.18. The number of hydrogen-bond donors (Lipinski definition) is 1. The average Bonchev–Trinajstić information content (AvgIpc) is 2.92. The van der Waals surface area contributed by atoms with E-state index in [-0.39, 0.29) is 10.1 Å². The Bertz CT molecular complexity index is 1080. The number of aryl methyl sites for hydroxylation is 1. The van der Waals surface area contributed by atoms with E-state index in [2.05, 4.69) is 4.98 Å². The van der Waals surface area contributed by atoms with Crippen LogP contribution in [0.4, 0.5) is 8.78 Å². The fourth-order valence-electron chi connectivity index (χ4n) is 2.65. The first kappa shape index (κ1) is 18.8. The van der Waals surface area contributed by atoms with Gasteiger partial charge in [-0.3, -0.25) is 0 Å². The molecule has 0 aliphatic heterocycles. The van der Waals surface area contributed by atoms with E-state index in [1.807, 2.05) is 18.4 Å². The number of aromatic nitrogens is 2. The van der Waals surface area contributed by atoms with Gasteiger partial charge in [-0.25, -0.2) is 27.3 Å². The lowest BCUT2D eigenvalue weighted by Crippen LogP contribution is -2.11. The predicted octanol–water partition coefficient (Wildman–Crippen LogP) is 3.84. The molecule has 1 unspecified atom stereocenters. The molecule has 0 fully saturated rings. The van der Waals surface area contributed by atoms with Gasteiger partial charge in [0, 0.05) is 11.8 Å². The minimum absolute atomic E-state index is 0.00374. The molecule has 0 saturated carbocycles. The summed E-state index contributed by atoms with van der Waals surface area (Å²) in [6, 6.07) is 8.35. The van der Waals surface area contributed by atoms with Gasteiger partial charge in [-0.1, -0.05) is 17.8 Å². The van der Waals surface area contributed by atoms with Gasteiger partial charge < -0.3 is 4.57 Å². The number of nitrogens with two attached hydrogens (primary N) is 1. The highest BCUT2D eigenvalue weighted by molar-refractivity contribution is 7.99. The van der Waals surface area contributed by atoms with E-state index in [0.717, 1.165) is 11.6 Å². The molecule has 0 saturated heterocycles. The second kappa shape index (κ2) is 6.98. The van der Waals surface area contributed by atoms with Crippen molar-refractivity contribution in [3.05, 3.63) is 53.6 Å². The van der Waals surface area contributed by atoms with E-state index in [9.17, 15) is 17.2 Å². The molecule has 1 atom stereocenters. The van der Waals surface area contributed by atoms with Gasteiger partial charge in [-0.05, 0) is 49.7 Å². The highest BCUT2D eigenvalue weighted by atomic mass is 32.2. The van der Waals surface area contributed by atoms with Crippen LogP contribution in [0, 0.1) is 11.6 Å². The molecule has 5 nitrogen and oxygen atoms in total. The third kappa shape index (κ3) is 3.60. The zero-order chi connectivity index (χ0) is 19.1. The number of rotatable bonds is 5. The van der Waals surface area contributed by atoms with Crippen molar-refractivity contribution in [2.45, 2.75) is 35.7 Å². The van der Waals surface area contributed by atoms with Crippen molar-refractivity contribution < 1.29 is 17.2 Å². The smallest absolute Gasteiger partial charge is 0.238 e. The lowest BCUT2D eigenvalue weighted by atomic mass is 10.1. The third-order valence-corrected chi connectivity index (χ3v) is 6.08. The molecule has 9 heteroatoms. The topological polar surface area (TPSA) is 78.0 Å². The third-order valence-electron chi connectivity index (χ3n) is 4.02. The Morgan fingerprint density at radius 1 is 1.19 bits per heavy atom. The first-order valence-corrected chi connectivity index (χ1v) is 10.3. The van der Waals surface area contributed by atoms with Gasteiger partial charge in [0.2, 0.25) is 10.0 Å². The molecule has 1 heterocycles. The second-order valence-corrected chi connectivity index (χ2v) is 8.64. The summed E-state index contributed by atoms with van der Waals surface area (Å²) >= 11 is 1.38. The summed E-state index contributed by atoms with van der Waals surface area (Å²) in [5.74, 6) is -1.78. The number of primary sulfonamides is 1. The van der Waals surface area contributed by atoms with Crippen molar-refractivity contribution in [2.24, 2.45) is 5.14 Å². The number of hydrogen-bond acceptors (Lipinski definition) is 4. The van der Waals surface area contributed by atoms with Crippen molar-refractivity contribution in [1.29, 1.82) is 0 Å². The Hall–Kier alpha value is -1.97. The Kier molecular flexibility index (Phi) is 5.05. The molecule has 0 aliphatic rings. The Morgan fingerprint density at radius 2 is 1.92 bits per heavy atom. The summed E-state index contributed by atoms with van der Waals surface area (Å²) in [6.07, 6.45) is 0. The number of imidazole rings is 1. The minimum atomic E-state index is -3.81. The van der Waals surface area contributed by atoms with Crippen molar-refractivity contribution in [1.82, 2.24) is 9.55 Å². The van der Waals surface area contributed by atoms with Crippen LogP contribution < -0.4 is 5.14 Å². The lowest BCUT2D eigenvalue weighted by molar-refractivity contribution is 0.507. The van der Waals surface area contributed by atoms with Crippen LogP contribution in [0.3, 0.4) is 0 Å². The van der Waals surface area contributed by atoms with E-state index in [4.69, 9.17) is 5.14 Å². The quantitative estimate of drug-likeness (QED) is 0.664. The number of halogens is 2. The van der Waals surface area contributed by atoms with Gasteiger partial charge in [-0.2, -0.15) is 0 Å². The van der Waals surface area contributed by atoms with Gasteiger partial charge in [0.15, 0.2) is 16.8 Å². The van der Waals surface area contributed by atoms with E-state index in [0.29, 0.717) is 22.8 Å². The Labute approximate surface area is 154 Å². The molecule has 2 aromatic carbocycles. The Balaban J connectivity index is 1.99. The molecule has 0 spiro atoms. The van der Waals surface area contributed by atoms with Crippen LogP contribution in [0.1, 0.15) is 24.7 Å². The lowest BCUT2D eigenvalue weighted by Gasteiger charge is -2.12. The van der Waals surface area contributed by atoms with Crippen LogP contribution in [-0.4, -0.2) is 18.0 Å². The Morgan fingerprint density at radius 3 is 2.54 bits per heavy atom. The normalized spacial score (nSPS) is 13.3. The van der Waals surface area contributed by atoms with Crippen molar-refractivity contribution in [2.75, 3.05) is 0 Å². The summed E-state index contributed by atoms with van der Waals surface area (Å²) in [5.41, 5.74) is 1.92.